The van der Waals surface area contributed by atoms with Crippen LogP contribution >= 0.6 is 23.2 Å². The number of carbonyl (C=O) groups excluding carboxylic acids is 2. The molecule has 3 rings (SSSR count). The van der Waals surface area contributed by atoms with Crippen LogP contribution in [0.2, 0.25) is 10.0 Å². The van der Waals surface area contributed by atoms with Crippen LogP contribution in [0.4, 0.5) is 43.7 Å². The number of halogens is 2. The minimum Gasteiger partial charge on any atom is -0.306 e. The average Bonchev–Trinajstić information content (AvgIpc) is 2.77. The molecule has 0 bridgehead atoms. The largest absolute Gasteiger partial charge is 0.323 e. The van der Waals surface area contributed by atoms with Crippen molar-refractivity contribution in [3.05, 3.63) is 90.9 Å². The molecule has 0 radical (unpaired) electrons. The number of nitro groups is 2. The first-order valence-electron chi connectivity index (χ1n) is 9.27. The van der Waals surface area contributed by atoms with Gasteiger partial charge in [0.25, 0.3) is 11.4 Å². The van der Waals surface area contributed by atoms with E-state index >= 15 is 0 Å². The highest BCUT2D eigenvalue weighted by Gasteiger charge is 2.19. The number of nitrogens with zero attached hydrogens (tertiary/aromatic N) is 2. The van der Waals surface area contributed by atoms with E-state index < -0.39 is 21.9 Å². The Balaban J connectivity index is 1.80. The van der Waals surface area contributed by atoms with Gasteiger partial charge in [-0.1, -0.05) is 47.5 Å². The van der Waals surface area contributed by atoms with Gasteiger partial charge in [-0.15, -0.1) is 0 Å². The summed E-state index contributed by atoms with van der Waals surface area (Å²) in [5.74, 6) is 0. The third-order valence-electron chi connectivity index (χ3n) is 4.25. The molecule has 0 unspecified atom stereocenters. The third kappa shape index (κ3) is 5.88. The highest BCUT2D eigenvalue weighted by Crippen LogP contribution is 2.33. The molecule has 0 atom stereocenters. The van der Waals surface area contributed by atoms with Gasteiger partial charge in [0.15, 0.2) is 0 Å². The predicted molar refractivity (Wildman–Crippen MR) is 128 cm³/mol. The molecule has 0 fully saturated rings. The molecular formula is C20H14Cl2N6O6. The molecule has 0 saturated carbocycles. The summed E-state index contributed by atoms with van der Waals surface area (Å²) in [6.07, 6.45) is 0. The van der Waals surface area contributed by atoms with E-state index in [0.717, 1.165) is 0 Å². The van der Waals surface area contributed by atoms with E-state index in [2.05, 4.69) is 21.3 Å². The Kier molecular flexibility index (Phi) is 7.46. The Hall–Kier alpha value is -4.42. The molecule has 0 aliphatic heterocycles. The van der Waals surface area contributed by atoms with Crippen molar-refractivity contribution in [1.29, 1.82) is 0 Å². The smallest absolute Gasteiger partial charge is 0.306 e. The first-order chi connectivity index (χ1) is 16.2. The van der Waals surface area contributed by atoms with Crippen LogP contribution in [-0.2, 0) is 0 Å². The number of nitro benzene ring substituents is 2. The van der Waals surface area contributed by atoms with Gasteiger partial charge in [0, 0.05) is 12.1 Å². The maximum atomic E-state index is 12.5. The molecule has 4 N–H and O–H groups in total. The summed E-state index contributed by atoms with van der Waals surface area (Å²) >= 11 is 12.0. The van der Waals surface area contributed by atoms with Crippen LogP contribution in [0, 0.1) is 20.2 Å². The van der Waals surface area contributed by atoms with E-state index in [1.165, 1.54) is 60.7 Å². The number of amides is 4. The second-order valence-corrected chi connectivity index (χ2v) is 7.33. The normalized spacial score (nSPS) is 10.2. The Labute approximate surface area is 201 Å². The lowest BCUT2D eigenvalue weighted by atomic mass is 10.2. The zero-order valence-electron chi connectivity index (χ0n) is 16.9. The van der Waals surface area contributed by atoms with E-state index in [0.29, 0.717) is 0 Å². The standard InChI is InChI=1S/C20H14Cl2N6O6/c21-11-9-15(25-19(29)23-13-5-1-3-7-17(13)27(31)32)16(10-12(11)22)26-20(30)24-14-6-2-4-8-18(14)28(33)34/h1-10H,(H2,23,25,29)(H2,24,26,30). The fourth-order valence-corrected chi connectivity index (χ4v) is 3.11. The monoisotopic (exact) mass is 504 g/mol. The van der Waals surface area contributed by atoms with Crippen molar-refractivity contribution < 1.29 is 19.4 Å². The lowest BCUT2D eigenvalue weighted by Gasteiger charge is -2.15. The Morgan fingerprint density at radius 3 is 1.29 bits per heavy atom. The van der Waals surface area contributed by atoms with E-state index in [9.17, 15) is 29.8 Å². The minimum atomic E-state index is -0.866. The van der Waals surface area contributed by atoms with Crippen LogP contribution in [-0.4, -0.2) is 21.9 Å². The molecule has 34 heavy (non-hydrogen) atoms. The first kappa shape index (κ1) is 24.2. The van der Waals surface area contributed by atoms with Gasteiger partial charge in [0.2, 0.25) is 0 Å². The van der Waals surface area contributed by atoms with Crippen molar-refractivity contribution >= 4 is 69.4 Å². The Morgan fingerprint density at radius 2 is 0.941 bits per heavy atom. The predicted octanol–water partition coefficient (Wildman–Crippen LogP) is 6.10. The topological polar surface area (TPSA) is 169 Å². The van der Waals surface area contributed by atoms with Gasteiger partial charge in [-0.25, -0.2) is 9.59 Å². The van der Waals surface area contributed by atoms with Crippen molar-refractivity contribution in [3.8, 4) is 0 Å². The van der Waals surface area contributed by atoms with Gasteiger partial charge in [-0.05, 0) is 24.3 Å². The highest BCUT2D eigenvalue weighted by atomic mass is 35.5. The van der Waals surface area contributed by atoms with Crippen LogP contribution in [0.5, 0.6) is 0 Å². The summed E-state index contributed by atoms with van der Waals surface area (Å²) in [6, 6.07) is 11.8. The number of carbonyl (C=O) groups is 2. The van der Waals surface area contributed by atoms with Gasteiger partial charge in [-0.2, -0.15) is 0 Å². The molecule has 0 saturated heterocycles. The summed E-state index contributed by atoms with van der Waals surface area (Å²) in [5, 5.41) is 31.9. The molecule has 0 heterocycles. The zero-order valence-corrected chi connectivity index (χ0v) is 18.4. The fraction of sp³-hybridized carbons (Fsp3) is 0. The molecule has 3 aromatic rings. The molecule has 14 heteroatoms. The lowest BCUT2D eigenvalue weighted by Crippen LogP contribution is -2.23. The van der Waals surface area contributed by atoms with Crippen LogP contribution in [0.15, 0.2) is 60.7 Å². The quantitative estimate of drug-likeness (QED) is 0.233. The lowest BCUT2D eigenvalue weighted by molar-refractivity contribution is -0.384. The average molecular weight is 505 g/mol. The van der Waals surface area contributed by atoms with E-state index in [1.807, 2.05) is 0 Å². The summed E-state index contributed by atoms with van der Waals surface area (Å²) in [4.78, 5) is 45.9. The number of hydrogen-bond acceptors (Lipinski definition) is 6. The highest BCUT2D eigenvalue weighted by molar-refractivity contribution is 6.42. The number of benzene rings is 3. The van der Waals surface area contributed by atoms with Crippen molar-refractivity contribution in [1.82, 2.24) is 0 Å². The second kappa shape index (κ2) is 10.5. The van der Waals surface area contributed by atoms with Gasteiger partial charge in [0.1, 0.15) is 11.4 Å². The summed E-state index contributed by atoms with van der Waals surface area (Å²) in [6.45, 7) is 0. The number of urea groups is 2. The third-order valence-corrected chi connectivity index (χ3v) is 4.98. The molecule has 3 aromatic carbocycles. The molecule has 0 aliphatic rings. The first-order valence-corrected chi connectivity index (χ1v) is 10.0. The van der Waals surface area contributed by atoms with Gasteiger partial charge >= 0.3 is 12.1 Å². The van der Waals surface area contributed by atoms with Crippen LogP contribution in [0.1, 0.15) is 0 Å². The van der Waals surface area contributed by atoms with E-state index in [-0.39, 0.29) is 44.2 Å². The van der Waals surface area contributed by atoms with Gasteiger partial charge in [-0.3, -0.25) is 20.2 Å². The Bertz CT molecular complexity index is 1200. The molecule has 0 aliphatic carbocycles. The van der Waals surface area contributed by atoms with Crippen molar-refractivity contribution in [3.63, 3.8) is 0 Å². The van der Waals surface area contributed by atoms with Crippen LogP contribution in [0.3, 0.4) is 0 Å². The number of para-hydroxylation sites is 4. The molecule has 12 nitrogen and oxygen atoms in total. The van der Waals surface area contributed by atoms with E-state index in [4.69, 9.17) is 23.2 Å². The number of anilines is 4. The fourth-order valence-electron chi connectivity index (χ4n) is 2.78. The van der Waals surface area contributed by atoms with Crippen molar-refractivity contribution in [2.24, 2.45) is 0 Å². The molecular weight excluding hydrogens is 491 g/mol. The maximum Gasteiger partial charge on any atom is 0.323 e. The molecule has 174 valence electrons. The van der Waals surface area contributed by atoms with E-state index in [1.54, 1.807) is 0 Å². The zero-order chi connectivity index (χ0) is 24.8. The number of rotatable bonds is 6. The molecule has 0 spiro atoms. The summed E-state index contributed by atoms with van der Waals surface area (Å²) in [5.41, 5.74) is -0.767. The summed E-state index contributed by atoms with van der Waals surface area (Å²) in [7, 11) is 0. The van der Waals surface area contributed by atoms with Crippen molar-refractivity contribution in [2.45, 2.75) is 0 Å². The van der Waals surface area contributed by atoms with Crippen LogP contribution < -0.4 is 21.3 Å². The molecule has 4 amide bonds. The number of nitrogens with one attached hydrogen (secondary N) is 4. The summed E-state index contributed by atoms with van der Waals surface area (Å²) < 4.78 is 0. The molecule has 0 aromatic heterocycles. The second-order valence-electron chi connectivity index (χ2n) is 6.52. The van der Waals surface area contributed by atoms with Crippen molar-refractivity contribution in [2.75, 3.05) is 21.3 Å². The minimum absolute atomic E-state index is 0.00296. The SMILES string of the molecule is O=C(Nc1cc(Cl)c(Cl)cc1NC(=O)Nc1ccccc1[N+](=O)[O-])Nc1ccccc1[N+](=O)[O-]. The number of hydrogen-bond donors (Lipinski definition) is 4. The van der Waals surface area contributed by atoms with Gasteiger partial charge < -0.3 is 21.3 Å². The Morgan fingerprint density at radius 1 is 0.618 bits per heavy atom. The van der Waals surface area contributed by atoms with Gasteiger partial charge in [0.05, 0.1) is 31.3 Å². The van der Waals surface area contributed by atoms with Crippen LogP contribution in [0.25, 0.3) is 0 Å². The maximum absolute atomic E-state index is 12.5.